The number of nitrogens with zero attached hydrogens (tertiary/aromatic N) is 3. The smallest absolute Gasteiger partial charge is 0.270 e. The van der Waals surface area contributed by atoms with Gasteiger partial charge in [0.25, 0.3) is 5.69 Å². The summed E-state index contributed by atoms with van der Waals surface area (Å²) in [5.74, 6) is -0.778. The van der Waals surface area contributed by atoms with Crippen LogP contribution in [0.5, 0.6) is 0 Å². The SMILES string of the molecule is CS(=O)(=O)c1ccccc1S(=O)(=O)N1CCC(C(=O)Nc2nc3ccc([N+](=O)[O-])cc3s2)CC1. The lowest BCUT2D eigenvalue weighted by Gasteiger charge is -2.30. The Morgan fingerprint density at radius 1 is 1.12 bits per heavy atom. The Labute approximate surface area is 199 Å². The zero-order valence-corrected chi connectivity index (χ0v) is 20.3. The number of sulfonamides is 1. The molecule has 0 aliphatic carbocycles. The molecule has 34 heavy (non-hydrogen) atoms. The van der Waals surface area contributed by atoms with Crippen molar-refractivity contribution in [3.05, 3.63) is 52.6 Å². The van der Waals surface area contributed by atoms with E-state index in [-0.39, 0.29) is 47.3 Å². The number of amides is 1. The maximum atomic E-state index is 13.1. The van der Waals surface area contributed by atoms with Gasteiger partial charge in [-0.1, -0.05) is 23.5 Å². The maximum absolute atomic E-state index is 13.1. The summed E-state index contributed by atoms with van der Waals surface area (Å²) in [7, 11) is -7.80. The van der Waals surface area contributed by atoms with Crippen molar-refractivity contribution in [3.8, 4) is 0 Å². The summed E-state index contributed by atoms with van der Waals surface area (Å²) >= 11 is 1.12. The summed E-state index contributed by atoms with van der Waals surface area (Å²) in [4.78, 5) is 26.9. The van der Waals surface area contributed by atoms with Crippen LogP contribution in [-0.2, 0) is 24.7 Å². The minimum Gasteiger partial charge on any atom is -0.302 e. The fraction of sp³-hybridized carbons (Fsp3) is 0.300. The van der Waals surface area contributed by atoms with Crippen LogP contribution in [0, 0.1) is 16.0 Å². The molecule has 0 bridgehead atoms. The van der Waals surface area contributed by atoms with Gasteiger partial charge < -0.3 is 5.32 Å². The van der Waals surface area contributed by atoms with Crippen molar-refractivity contribution in [3.63, 3.8) is 0 Å². The lowest BCUT2D eigenvalue weighted by atomic mass is 9.97. The molecule has 1 aliphatic heterocycles. The van der Waals surface area contributed by atoms with Gasteiger partial charge in [-0.05, 0) is 31.0 Å². The summed E-state index contributed by atoms with van der Waals surface area (Å²) in [6, 6.07) is 9.70. The normalized spacial score (nSPS) is 15.9. The van der Waals surface area contributed by atoms with E-state index in [1.54, 1.807) is 0 Å². The number of piperidine rings is 1. The van der Waals surface area contributed by atoms with E-state index in [1.165, 1.54) is 46.8 Å². The molecule has 1 fully saturated rings. The maximum Gasteiger partial charge on any atom is 0.270 e. The van der Waals surface area contributed by atoms with Crippen LogP contribution in [0.1, 0.15) is 12.8 Å². The summed E-state index contributed by atoms with van der Waals surface area (Å²) in [5.41, 5.74) is 0.455. The molecule has 14 heteroatoms. The van der Waals surface area contributed by atoms with Gasteiger partial charge in [0.2, 0.25) is 15.9 Å². The number of sulfone groups is 1. The van der Waals surface area contributed by atoms with Crippen LogP contribution in [0.15, 0.2) is 52.3 Å². The molecule has 1 N–H and O–H groups in total. The van der Waals surface area contributed by atoms with Crippen LogP contribution < -0.4 is 5.32 Å². The van der Waals surface area contributed by atoms with Gasteiger partial charge in [0.1, 0.15) is 4.90 Å². The van der Waals surface area contributed by atoms with Crippen LogP contribution in [0.4, 0.5) is 10.8 Å². The average molecular weight is 525 g/mol. The Morgan fingerprint density at radius 2 is 1.76 bits per heavy atom. The Morgan fingerprint density at radius 3 is 2.38 bits per heavy atom. The van der Waals surface area contributed by atoms with E-state index in [0.717, 1.165) is 17.6 Å². The van der Waals surface area contributed by atoms with E-state index < -0.39 is 30.7 Å². The highest BCUT2D eigenvalue weighted by Crippen LogP contribution is 2.31. The van der Waals surface area contributed by atoms with Crippen LogP contribution in [0.2, 0.25) is 0 Å². The molecular weight excluding hydrogens is 504 g/mol. The highest BCUT2D eigenvalue weighted by atomic mass is 32.2. The number of carbonyl (C=O) groups is 1. The van der Waals surface area contributed by atoms with Crippen LogP contribution >= 0.6 is 11.3 Å². The molecule has 2 heterocycles. The number of thiazole rings is 1. The van der Waals surface area contributed by atoms with E-state index in [0.29, 0.717) is 15.3 Å². The number of hydrogen-bond acceptors (Lipinski definition) is 9. The van der Waals surface area contributed by atoms with Crippen molar-refractivity contribution >= 4 is 58.1 Å². The number of carbonyl (C=O) groups excluding carboxylic acids is 1. The number of benzene rings is 2. The molecule has 0 radical (unpaired) electrons. The molecule has 0 atom stereocenters. The molecule has 1 aromatic heterocycles. The van der Waals surface area contributed by atoms with Crippen molar-refractivity contribution in [2.24, 2.45) is 5.92 Å². The predicted octanol–water partition coefficient (Wildman–Crippen LogP) is 2.65. The van der Waals surface area contributed by atoms with E-state index in [2.05, 4.69) is 10.3 Å². The second kappa shape index (κ2) is 9.02. The summed E-state index contributed by atoms with van der Waals surface area (Å²) < 4.78 is 52.0. The monoisotopic (exact) mass is 524 g/mol. The number of rotatable bonds is 6. The average Bonchev–Trinajstić information content (AvgIpc) is 3.20. The number of anilines is 1. The number of nitro benzene ring substituents is 1. The third-order valence-electron chi connectivity index (χ3n) is 5.50. The van der Waals surface area contributed by atoms with Crippen molar-refractivity contribution in [2.45, 2.75) is 22.6 Å². The van der Waals surface area contributed by atoms with Crippen LogP contribution in [-0.4, -0.2) is 56.3 Å². The third kappa shape index (κ3) is 4.80. The largest absolute Gasteiger partial charge is 0.302 e. The lowest BCUT2D eigenvalue weighted by Crippen LogP contribution is -2.41. The number of fused-ring (bicyclic) bond motifs is 1. The first kappa shape index (κ1) is 24.2. The number of nitro groups is 1. The molecule has 0 spiro atoms. The topological polar surface area (TPSA) is 157 Å². The fourth-order valence-corrected chi connectivity index (χ4v) is 7.73. The van der Waals surface area contributed by atoms with E-state index >= 15 is 0 Å². The molecule has 11 nitrogen and oxygen atoms in total. The van der Waals surface area contributed by atoms with Crippen molar-refractivity contribution in [1.29, 1.82) is 0 Å². The molecule has 3 aromatic rings. The summed E-state index contributed by atoms with van der Waals surface area (Å²) in [5, 5.41) is 14.0. The number of non-ortho nitro benzene ring substituents is 1. The van der Waals surface area contributed by atoms with Crippen LogP contribution in [0.3, 0.4) is 0 Å². The van der Waals surface area contributed by atoms with Gasteiger partial charge in [0, 0.05) is 37.4 Å². The van der Waals surface area contributed by atoms with E-state index in [9.17, 15) is 31.7 Å². The number of hydrogen-bond donors (Lipinski definition) is 1. The molecule has 4 rings (SSSR count). The third-order valence-corrected chi connectivity index (χ3v) is 9.68. The zero-order valence-electron chi connectivity index (χ0n) is 17.9. The van der Waals surface area contributed by atoms with Gasteiger partial charge in [-0.3, -0.25) is 14.9 Å². The van der Waals surface area contributed by atoms with Gasteiger partial charge >= 0.3 is 0 Å². The molecule has 0 saturated carbocycles. The van der Waals surface area contributed by atoms with E-state index in [1.807, 2.05) is 0 Å². The first-order chi connectivity index (χ1) is 16.0. The van der Waals surface area contributed by atoms with E-state index in [4.69, 9.17) is 0 Å². The molecular formula is C20H20N4O7S3. The van der Waals surface area contributed by atoms with Gasteiger partial charge in [0.05, 0.1) is 20.0 Å². The zero-order chi connectivity index (χ0) is 24.7. The molecule has 1 amide bonds. The number of nitrogens with one attached hydrogen (secondary N) is 1. The number of aromatic nitrogens is 1. The molecule has 2 aromatic carbocycles. The Hall–Kier alpha value is -2.94. The second-order valence-electron chi connectivity index (χ2n) is 7.81. The molecule has 1 saturated heterocycles. The van der Waals surface area contributed by atoms with Crippen molar-refractivity contribution < 1.29 is 26.6 Å². The van der Waals surface area contributed by atoms with Crippen LogP contribution in [0.25, 0.3) is 10.2 Å². The standard InChI is InChI=1S/C20H20N4O7S3/c1-33(28,29)17-4-2-3-5-18(17)34(30,31)23-10-8-13(9-11-23)19(25)22-20-21-15-7-6-14(24(26)27)12-16(15)32-20/h2-7,12-13H,8-11H2,1H3,(H,21,22,25). The Bertz CT molecular complexity index is 1490. The Kier molecular flexibility index (Phi) is 6.42. The molecule has 1 aliphatic rings. The van der Waals surface area contributed by atoms with Gasteiger partial charge in [-0.25, -0.2) is 21.8 Å². The molecule has 180 valence electrons. The minimum absolute atomic E-state index is 0.0601. The van der Waals surface area contributed by atoms with Gasteiger partial charge in [0.15, 0.2) is 15.0 Å². The summed E-state index contributed by atoms with van der Waals surface area (Å²) in [6.45, 7) is 0.120. The Balaban J connectivity index is 1.44. The second-order valence-corrected chi connectivity index (χ2v) is 12.7. The quantitative estimate of drug-likeness (QED) is 0.381. The van der Waals surface area contributed by atoms with Crippen molar-refractivity contribution in [2.75, 3.05) is 24.7 Å². The highest BCUT2D eigenvalue weighted by Gasteiger charge is 2.34. The first-order valence-corrected chi connectivity index (χ1v) is 14.3. The first-order valence-electron chi connectivity index (χ1n) is 10.1. The minimum atomic E-state index is -4.06. The molecule has 0 unspecified atom stereocenters. The lowest BCUT2D eigenvalue weighted by molar-refractivity contribution is -0.384. The highest BCUT2D eigenvalue weighted by molar-refractivity contribution is 7.93. The predicted molar refractivity (Wildman–Crippen MR) is 126 cm³/mol. The summed E-state index contributed by atoms with van der Waals surface area (Å²) in [6.07, 6.45) is 1.46. The van der Waals surface area contributed by atoms with Gasteiger partial charge in [-0.2, -0.15) is 4.31 Å². The fourth-order valence-electron chi connectivity index (χ4n) is 3.75. The van der Waals surface area contributed by atoms with Gasteiger partial charge in [-0.15, -0.1) is 0 Å². The van der Waals surface area contributed by atoms with Crippen molar-refractivity contribution in [1.82, 2.24) is 9.29 Å².